The maximum absolute atomic E-state index is 14.9. The van der Waals surface area contributed by atoms with Crippen molar-refractivity contribution in [1.82, 2.24) is 0 Å². The van der Waals surface area contributed by atoms with Crippen LogP contribution in [-0.2, 0) is 21.6 Å². The van der Waals surface area contributed by atoms with Crippen LogP contribution in [0.15, 0.2) is 47.5 Å². The van der Waals surface area contributed by atoms with Gasteiger partial charge in [-0.25, -0.2) is 9.38 Å². The molecule has 35 heavy (non-hydrogen) atoms. The molecule has 0 aliphatic carbocycles. The van der Waals surface area contributed by atoms with Crippen molar-refractivity contribution in [3.05, 3.63) is 65.0 Å². The summed E-state index contributed by atoms with van der Waals surface area (Å²) in [5.41, 5.74) is 1.56. The Bertz CT molecular complexity index is 1040. The van der Waals surface area contributed by atoms with E-state index in [9.17, 15) is 19.7 Å². The molecule has 190 valence electrons. The zero-order valence-electron chi connectivity index (χ0n) is 20.5. The summed E-state index contributed by atoms with van der Waals surface area (Å²) in [6.07, 6.45) is -3.08. The Balaban J connectivity index is 1.69. The quantitative estimate of drug-likeness (QED) is 0.504. The molecule has 1 saturated heterocycles. The van der Waals surface area contributed by atoms with Crippen LogP contribution in [0.4, 0.5) is 10.1 Å². The molecule has 0 saturated carbocycles. The minimum Gasteiger partial charge on any atom is -0.469 e. The Labute approximate surface area is 205 Å². The van der Waals surface area contributed by atoms with E-state index in [1.54, 1.807) is 12.1 Å². The largest absolute Gasteiger partial charge is 0.469 e. The highest BCUT2D eigenvalue weighted by atomic mass is 19.1. The van der Waals surface area contributed by atoms with Gasteiger partial charge >= 0.3 is 0 Å². The maximum atomic E-state index is 14.9. The normalized spacial score (nSPS) is 27.8. The van der Waals surface area contributed by atoms with E-state index in [1.807, 2.05) is 31.2 Å². The summed E-state index contributed by atoms with van der Waals surface area (Å²) < 4.78 is 26.9. The van der Waals surface area contributed by atoms with E-state index >= 15 is 0 Å². The Morgan fingerprint density at radius 3 is 2.37 bits per heavy atom. The summed E-state index contributed by atoms with van der Waals surface area (Å²) in [6.45, 7) is 7.51. The first-order chi connectivity index (χ1) is 16.9. The van der Waals surface area contributed by atoms with Gasteiger partial charge in [0.2, 0.25) is 5.72 Å². The van der Waals surface area contributed by atoms with E-state index in [-0.39, 0.29) is 5.82 Å². The molecule has 8 heteroatoms. The van der Waals surface area contributed by atoms with Gasteiger partial charge in [0.1, 0.15) is 24.1 Å². The van der Waals surface area contributed by atoms with E-state index < -0.39 is 36.7 Å². The summed E-state index contributed by atoms with van der Waals surface area (Å²) >= 11 is 0. The van der Waals surface area contributed by atoms with Gasteiger partial charge in [0.05, 0.1) is 6.61 Å². The van der Waals surface area contributed by atoms with Crippen LogP contribution in [0, 0.1) is 5.82 Å². The third kappa shape index (κ3) is 4.80. The van der Waals surface area contributed by atoms with Crippen molar-refractivity contribution in [1.29, 1.82) is 0 Å². The van der Waals surface area contributed by atoms with Crippen LogP contribution in [-0.4, -0.2) is 65.3 Å². The smallest absolute Gasteiger partial charge is 0.228 e. The molecule has 0 radical (unpaired) electrons. The molecule has 0 bridgehead atoms. The molecule has 4 rings (SSSR count). The fourth-order valence-corrected chi connectivity index (χ4v) is 4.93. The number of halogens is 1. The van der Waals surface area contributed by atoms with Crippen LogP contribution >= 0.6 is 0 Å². The number of aliphatic hydroxyl groups excluding tert-OH is 3. The molecule has 3 N–H and O–H groups in total. The lowest BCUT2D eigenvalue weighted by Gasteiger charge is -2.44. The van der Waals surface area contributed by atoms with E-state index in [0.29, 0.717) is 29.9 Å². The third-order valence-corrected chi connectivity index (χ3v) is 6.87. The van der Waals surface area contributed by atoms with E-state index in [0.717, 1.165) is 30.8 Å². The molecule has 0 spiro atoms. The SMILES string of the molecule is CCCC1=NC2(c3ccc(F)c(Cc4ccc(N(CC)CC)cc4)c3)O[C@H](CO)[C@@H](O)[C@H](O)C2O1. The van der Waals surface area contributed by atoms with Gasteiger partial charge in [0.25, 0.3) is 0 Å². The van der Waals surface area contributed by atoms with Gasteiger partial charge < -0.3 is 29.7 Å². The lowest BCUT2D eigenvalue weighted by molar-refractivity contribution is -0.262. The molecule has 2 aliphatic heterocycles. The molecule has 1 fully saturated rings. The zero-order valence-corrected chi connectivity index (χ0v) is 20.5. The van der Waals surface area contributed by atoms with Gasteiger partial charge in [-0.1, -0.05) is 25.1 Å². The minimum atomic E-state index is -1.48. The second-order valence-electron chi connectivity index (χ2n) is 9.13. The van der Waals surface area contributed by atoms with Gasteiger partial charge in [-0.2, -0.15) is 0 Å². The van der Waals surface area contributed by atoms with Crippen molar-refractivity contribution in [2.75, 3.05) is 24.6 Å². The lowest BCUT2D eigenvalue weighted by atomic mass is 9.85. The highest BCUT2D eigenvalue weighted by Crippen LogP contribution is 2.45. The number of aliphatic hydroxyl groups is 3. The molecule has 2 aliphatic rings. The summed E-state index contributed by atoms with van der Waals surface area (Å²) in [5, 5.41) is 31.0. The van der Waals surface area contributed by atoms with Crippen molar-refractivity contribution in [3.8, 4) is 0 Å². The average Bonchev–Trinajstić information content (AvgIpc) is 3.24. The summed E-state index contributed by atoms with van der Waals surface area (Å²) in [6, 6.07) is 12.7. The molecular formula is C27H35FN2O5. The second-order valence-corrected chi connectivity index (χ2v) is 9.13. The molecule has 2 aromatic carbocycles. The molecule has 2 aromatic rings. The second kappa shape index (κ2) is 10.6. The number of hydrogen-bond donors (Lipinski definition) is 3. The third-order valence-electron chi connectivity index (χ3n) is 6.87. The van der Waals surface area contributed by atoms with Crippen molar-refractivity contribution in [2.45, 2.75) is 70.2 Å². The van der Waals surface area contributed by atoms with Crippen molar-refractivity contribution in [3.63, 3.8) is 0 Å². The van der Waals surface area contributed by atoms with Gasteiger partial charge in [-0.15, -0.1) is 0 Å². The molecular weight excluding hydrogens is 451 g/mol. The van der Waals surface area contributed by atoms with E-state index in [1.165, 1.54) is 6.07 Å². The zero-order chi connectivity index (χ0) is 25.2. The Hall–Kier alpha value is -2.52. The van der Waals surface area contributed by atoms with Crippen molar-refractivity contribution in [2.24, 2.45) is 4.99 Å². The standard InChI is InChI=1S/C27H35FN2O5/c1-4-7-23-29-27(26(34-23)25(33)24(32)22(16-31)35-27)19-10-13-21(28)18(15-19)14-17-8-11-20(12-9-17)30(5-2)6-3/h8-13,15,22,24-26,31-33H,4-7,14,16H2,1-3H3/t22-,24-,25+,26?,27?/m1/s1. The highest BCUT2D eigenvalue weighted by Gasteiger charge is 2.60. The minimum absolute atomic E-state index is 0.360. The molecule has 2 unspecified atom stereocenters. The first kappa shape index (κ1) is 25.6. The fourth-order valence-electron chi connectivity index (χ4n) is 4.93. The number of anilines is 1. The lowest BCUT2D eigenvalue weighted by Crippen LogP contribution is -2.61. The fraction of sp³-hybridized carbons (Fsp3) is 0.519. The predicted octanol–water partition coefficient (Wildman–Crippen LogP) is 3.13. The topological polar surface area (TPSA) is 94.8 Å². The maximum Gasteiger partial charge on any atom is 0.228 e. The van der Waals surface area contributed by atoms with Gasteiger partial charge in [-0.05, 0) is 55.7 Å². The first-order valence-corrected chi connectivity index (χ1v) is 12.4. The molecule has 2 heterocycles. The monoisotopic (exact) mass is 486 g/mol. The van der Waals surface area contributed by atoms with E-state index in [4.69, 9.17) is 9.47 Å². The highest BCUT2D eigenvalue weighted by molar-refractivity contribution is 5.79. The molecule has 0 aromatic heterocycles. The predicted molar refractivity (Wildman–Crippen MR) is 132 cm³/mol. The summed E-state index contributed by atoms with van der Waals surface area (Å²) in [5.74, 6) is 0.0431. The molecule has 7 nitrogen and oxygen atoms in total. The van der Waals surface area contributed by atoms with Crippen molar-refractivity contribution >= 4 is 11.6 Å². The number of nitrogens with zero attached hydrogens (tertiary/aromatic N) is 2. The number of rotatable bonds is 9. The number of benzene rings is 2. The van der Waals surface area contributed by atoms with Crippen LogP contribution < -0.4 is 4.90 Å². The van der Waals surface area contributed by atoms with Crippen molar-refractivity contribution < 1.29 is 29.2 Å². The van der Waals surface area contributed by atoms with Gasteiger partial charge in [0, 0.05) is 37.2 Å². The van der Waals surface area contributed by atoms with Crippen LogP contribution in [0.3, 0.4) is 0 Å². The summed E-state index contributed by atoms with van der Waals surface area (Å²) in [4.78, 5) is 6.92. The van der Waals surface area contributed by atoms with E-state index in [2.05, 4.69) is 23.7 Å². The van der Waals surface area contributed by atoms with Crippen LogP contribution in [0.2, 0.25) is 0 Å². The summed E-state index contributed by atoms with van der Waals surface area (Å²) in [7, 11) is 0. The Morgan fingerprint density at radius 2 is 1.74 bits per heavy atom. The number of fused-ring (bicyclic) bond motifs is 1. The van der Waals surface area contributed by atoms with Gasteiger partial charge in [-0.3, -0.25) is 0 Å². The van der Waals surface area contributed by atoms with Crippen LogP contribution in [0.5, 0.6) is 0 Å². The first-order valence-electron chi connectivity index (χ1n) is 12.4. The Morgan fingerprint density at radius 1 is 1.03 bits per heavy atom. The molecule has 0 amide bonds. The number of ether oxygens (including phenoxy) is 2. The number of aliphatic imine (C=N–C) groups is 1. The molecule has 5 atom stereocenters. The van der Waals surface area contributed by atoms with Crippen LogP contribution in [0.25, 0.3) is 0 Å². The Kier molecular flexibility index (Phi) is 7.76. The number of hydrogen-bond acceptors (Lipinski definition) is 7. The van der Waals surface area contributed by atoms with Gasteiger partial charge in [0.15, 0.2) is 12.0 Å². The average molecular weight is 487 g/mol. The van der Waals surface area contributed by atoms with Crippen LogP contribution in [0.1, 0.15) is 50.3 Å².